The Balaban J connectivity index is 0.00000353. The summed E-state index contributed by atoms with van der Waals surface area (Å²) in [7, 11) is 0. The van der Waals surface area contributed by atoms with Gasteiger partial charge in [0.05, 0.1) is 17.2 Å². The third kappa shape index (κ3) is 5.50. The van der Waals surface area contributed by atoms with Crippen molar-refractivity contribution in [2.24, 2.45) is 0 Å². The third-order valence-corrected chi connectivity index (χ3v) is 6.63. The normalized spacial score (nSPS) is 13.5. The Hall–Kier alpha value is -4.20. The van der Waals surface area contributed by atoms with Crippen LogP contribution in [0.2, 0.25) is 0 Å². The number of benzene rings is 3. The summed E-state index contributed by atoms with van der Waals surface area (Å²) in [5.41, 5.74) is 1.25. The van der Waals surface area contributed by atoms with E-state index in [2.05, 4.69) is 26.9 Å². The molecule has 0 atom stereocenters. The topological polar surface area (TPSA) is 93.9 Å². The Morgan fingerprint density at radius 1 is 0.974 bits per heavy atom. The van der Waals surface area contributed by atoms with Gasteiger partial charge in [-0.2, -0.15) is 18.4 Å². The van der Waals surface area contributed by atoms with Gasteiger partial charge in [-0.25, -0.2) is 4.79 Å². The lowest BCUT2D eigenvalue weighted by Crippen LogP contribution is -2.48. The molecule has 2 heterocycles. The van der Waals surface area contributed by atoms with Gasteiger partial charge < -0.3 is 15.5 Å². The molecule has 200 valence electrons. The molecule has 3 aromatic carbocycles. The first kappa shape index (κ1) is 27.8. The molecule has 1 saturated heterocycles. The number of hydrogen-bond acceptors (Lipinski definition) is 5. The number of piperazine rings is 1. The van der Waals surface area contributed by atoms with Gasteiger partial charge in [0.25, 0.3) is 0 Å². The summed E-state index contributed by atoms with van der Waals surface area (Å²) in [6.45, 7) is 3.86. The van der Waals surface area contributed by atoms with Gasteiger partial charge in [-0.05, 0) is 36.8 Å². The zero-order chi connectivity index (χ0) is 26.9. The highest BCUT2D eigenvalue weighted by Gasteiger charge is 2.36. The highest BCUT2D eigenvalue weighted by Crippen LogP contribution is 2.43. The Bertz CT molecular complexity index is 1560. The molecular weight excluding hydrogens is 529 g/mol. The van der Waals surface area contributed by atoms with Crippen molar-refractivity contribution in [3.05, 3.63) is 77.4 Å². The van der Waals surface area contributed by atoms with Crippen LogP contribution in [0.4, 0.5) is 23.7 Å². The molecule has 0 radical (unpaired) electrons. The third-order valence-electron chi connectivity index (χ3n) is 6.63. The van der Waals surface area contributed by atoms with Gasteiger partial charge in [0.15, 0.2) is 0 Å². The molecule has 39 heavy (non-hydrogen) atoms. The van der Waals surface area contributed by atoms with E-state index in [0.29, 0.717) is 53.8 Å². The standard InChI is InChI=1S/C28H23F3N6O.ClH/c1-17-23(34-27(38)37-14-12-33-13-15-37)11-10-22(28(29,30)31)24(17)26-21-5-3-2-4-20(21)25(35-36-26)19-8-6-18(16-32)7-9-19;/h2-11,33H,12-15H2,1H3,(H,34,38);1H. The molecule has 11 heteroatoms. The maximum absolute atomic E-state index is 14.2. The number of nitriles is 1. The van der Waals surface area contributed by atoms with Crippen molar-refractivity contribution in [2.45, 2.75) is 13.1 Å². The number of fused-ring (bicyclic) bond motifs is 1. The van der Waals surface area contributed by atoms with E-state index >= 15 is 0 Å². The van der Waals surface area contributed by atoms with E-state index in [1.807, 2.05) is 0 Å². The number of amides is 2. The molecule has 2 amide bonds. The van der Waals surface area contributed by atoms with E-state index in [9.17, 15) is 18.0 Å². The van der Waals surface area contributed by atoms with Gasteiger partial charge in [0, 0.05) is 53.8 Å². The second-order valence-corrected chi connectivity index (χ2v) is 8.96. The van der Waals surface area contributed by atoms with Crippen molar-refractivity contribution >= 4 is 34.9 Å². The molecule has 1 aliphatic rings. The molecule has 0 aliphatic carbocycles. The minimum Gasteiger partial charge on any atom is -0.322 e. The van der Waals surface area contributed by atoms with Crippen molar-refractivity contribution in [2.75, 3.05) is 31.5 Å². The number of nitrogens with zero attached hydrogens (tertiary/aromatic N) is 4. The fraction of sp³-hybridized carbons (Fsp3) is 0.214. The number of rotatable bonds is 3. The van der Waals surface area contributed by atoms with Gasteiger partial charge in [-0.15, -0.1) is 22.6 Å². The second-order valence-electron chi connectivity index (χ2n) is 8.96. The molecular formula is C28H24ClF3N6O. The van der Waals surface area contributed by atoms with Crippen molar-refractivity contribution in [3.63, 3.8) is 0 Å². The van der Waals surface area contributed by atoms with Crippen LogP contribution in [0.1, 0.15) is 16.7 Å². The number of nitrogens with one attached hydrogen (secondary N) is 2. The van der Waals surface area contributed by atoms with Crippen LogP contribution in [0.15, 0.2) is 60.7 Å². The molecule has 0 unspecified atom stereocenters. The van der Waals surface area contributed by atoms with E-state index in [1.165, 1.54) is 6.07 Å². The summed E-state index contributed by atoms with van der Waals surface area (Å²) in [4.78, 5) is 14.4. The van der Waals surface area contributed by atoms with Gasteiger partial charge in [-0.3, -0.25) is 0 Å². The number of carbonyl (C=O) groups is 1. The highest BCUT2D eigenvalue weighted by atomic mass is 35.5. The van der Waals surface area contributed by atoms with E-state index < -0.39 is 11.7 Å². The van der Waals surface area contributed by atoms with Crippen LogP contribution in [0.3, 0.4) is 0 Å². The van der Waals surface area contributed by atoms with Crippen molar-refractivity contribution in [1.29, 1.82) is 5.26 Å². The van der Waals surface area contributed by atoms with Gasteiger partial charge in [0.1, 0.15) is 11.4 Å². The molecule has 4 aromatic rings. The number of halogens is 4. The smallest absolute Gasteiger partial charge is 0.322 e. The Labute approximate surface area is 229 Å². The second kappa shape index (κ2) is 11.3. The first-order valence-electron chi connectivity index (χ1n) is 12.0. The minimum absolute atomic E-state index is 0. The lowest BCUT2D eigenvalue weighted by molar-refractivity contribution is -0.137. The van der Waals surface area contributed by atoms with Crippen LogP contribution in [0.25, 0.3) is 33.3 Å². The van der Waals surface area contributed by atoms with Crippen LogP contribution in [0.5, 0.6) is 0 Å². The number of urea groups is 1. The van der Waals surface area contributed by atoms with Crippen LogP contribution >= 0.6 is 12.4 Å². The predicted molar refractivity (Wildman–Crippen MR) is 146 cm³/mol. The molecule has 7 nitrogen and oxygen atoms in total. The summed E-state index contributed by atoms with van der Waals surface area (Å²) < 4.78 is 42.7. The highest BCUT2D eigenvalue weighted by molar-refractivity contribution is 6.03. The summed E-state index contributed by atoms with van der Waals surface area (Å²) >= 11 is 0. The van der Waals surface area contributed by atoms with Crippen LogP contribution in [-0.4, -0.2) is 47.3 Å². The van der Waals surface area contributed by atoms with Gasteiger partial charge in [-0.1, -0.05) is 36.4 Å². The molecule has 1 aliphatic heterocycles. The average molecular weight is 553 g/mol. The fourth-order valence-corrected chi connectivity index (χ4v) is 4.66. The molecule has 1 aromatic heterocycles. The van der Waals surface area contributed by atoms with Crippen LogP contribution in [-0.2, 0) is 6.18 Å². The van der Waals surface area contributed by atoms with E-state index in [4.69, 9.17) is 5.26 Å². The zero-order valence-electron chi connectivity index (χ0n) is 20.8. The predicted octanol–water partition coefficient (Wildman–Crippen LogP) is 6.02. The summed E-state index contributed by atoms with van der Waals surface area (Å²) in [6.07, 6.45) is -4.66. The lowest BCUT2D eigenvalue weighted by Gasteiger charge is -2.28. The molecule has 0 spiro atoms. The molecule has 1 fully saturated rings. The van der Waals surface area contributed by atoms with Gasteiger partial charge >= 0.3 is 12.2 Å². The molecule has 0 saturated carbocycles. The van der Waals surface area contributed by atoms with Crippen LogP contribution < -0.4 is 10.6 Å². The Morgan fingerprint density at radius 3 is 2.21 bits per heavy atom. The number of carbonyl (C=O) groups excluding carboxylic acids is 1. The first-order valence-corrected chi connectivity index (χ1v) is 12.0. The van der Waals surface area contributed by atoms with Gasteiger partial charge in [0.2, 0.25) is 0 Å². The van der Waals surface area contributed by atoms with Crippen molar-refractivity contribution < 1.29 is 18.0 Å². The molecule has 2 N–H and O–H groups in total. The number of alkyl halides is 3. The monoisotopic (exact) mass is 552 g/mol. The van der Waals surface area contributed by atoms with Crippen molar-refractivity contribution in [1.82, 2.24) is 20.4 Å². The van der Waals surface area contributed by atoms with Crippen molar-refractivity contribution in [3.8, 4) is 28.6 Å². The Kier molecular flexibility index (Phi) is 8.04. The lowest BCUT2D eigenvalue weighted by atomic mass is 9.93. The quantitative estimate of drug-likeness (QED) is 0.324. The largest absolute Gasteiger partial charge is 0.417 e. The summed E-state index contributed by atoms with van der Waals surface area (Å²) in [5, 5.41) is 24.8. The summed E-state index contributed by atoms with van der Waals surface area (Å²) in [6, 6.07) is 17.7. The first-order chi connectivity index (χ1) is 18.3. The molecule has 5 rings (SSSR count). The average Bonchev–Trinajstić information content (AvgIpc) is 2.93. The molecule has 0 bridgehead atoms. The zero-order valence-corrected chi connectivity index (χ0v) is 21.7. The number of aromatic nitrogens is 2. The number of hydrogen-bond donors (Lipinski definition) is 2. The minimum atomic E-state index is -4.66. The maximum atomic E-state index is 14.2. The van der Waals surface area contributed by atoms with E-state index in [0.717, 1.165) is 6.07 Å². The number of anilines is 1. The fourth-order valence-electron chi connectivity index (χ4n) is 4.66. The van der Waals surface area contributed by atoms with E-state index in [1.54, 1.807) is 60.4 Å². The van der Waals surface area contributed by atoms with Crippen LogP contribution in [0, 0.1) is 18.3 Å². The SMILES string of the molecule is Cc1c(NC(=O)N2CCNCC2)ccc(C(F)(F)F)c1-c1nnc(-c2ccc(C#N)cc2)c2ccccc12.Cl. The maximum Gasteiger partial charge on any atom is 0.417 e. The Morgan fingerprint density at radius 2 is 1.59 bits per heavy atom. The van der Waals surface area contributed by atoms with E-state index in [-0.39, 0.29) is 40.9 Å². The summed E-state index contributed by atoms with van der Waals surface area (Å²) in [5.74, 6) is 0.